The summed E-state index contributed by atoms with van der Waals surface area (Å²) in [6.45, 7) is 7.43. The highest BCUT2D eigenvalue weighted by atomic mass is 31.2. The average molecular weight is 521 g/mol. The maximum Gasteiger partial charge on any atom is 0.474 e. The third-order valence-corrected chi connectivity index (χ3v) is 5.63. The van der Waals surface area contributed by atoms with E-state index in [2.05, 4.69) is 6.92 Å². The number of phosphoric ester groups is 1. The first-order valence-corrected chi connectivity index (χ1v) is 14.4. The topological polar surface area (TPSA) is 113 Å². The summed E-state index contributed by atoms with van der Waals surface area (Å²) in [6, 6.07) is 8.60. The molecule has 35 heavy (non-hydrogen) atoms. The van der Waals surface area contributed by atoms with E-state index in [1.54, 1.807) is 51.1 Å². The minimum Gasteiger partial charge on any atom is -0.433 e. The largest absolute Gasteiger partial charge is 0.474 e. The van der Waals surface area contributed by atoms with Gasteiger partial charge in [-0.2, -0.15) is 0 Å². The first kappa shape index (κ1) is 32.0. The van der Waals surface area contributed by atoms with E-state index in [1.165, 1.54) is 32.1 Å². The van der Waals surface area contributed by atoms with Crippen LogP contribution in [0.1, 0.15) is 85.5 Å². The van der Waals surface area contributed by atoms with Crippen molar-refractivity contribution in [1.29, 1.82) is 0 Å². The fourth-order valence-electron chi connectivity index (χ4n) is 3.66. The molecule has 1 rings (SSSR count). The Morgan fingerprint density at radius 1 is 0.686 bits per heavy atom. The normalized spacial score (nSPS) is 14.1. The van der Waals surface area contributed by atoms with Crippen LogP contribution in [0.25, 0.3) is 0 Å². The number of phosphoric acid groups is 1. The van der Waals surface area contributed by atoms with Gasteiger partial charge >= 0.3 is 19.8 Å². The summed E-state index contributed by atoms with van der Waals surface area (Å²) in [5.74, 6) is -4.41. The minimum atomic E-state index is -5.14. The van der Waals surface area contributed by atoms with Crippen molar-refractivity contribution >= 4 is 7.82 Å². The van der Waals surface area contributed by atoms with Crippen LogP contribution in [0.4, 0.5) is 0 Å². The van der Waals surface area contributed by atoms with Crippen LogP contribution >= 0.6 is 7.82 Å². The molecule has 0 heterocycles. The van der Waals surface area contributed by atoms with Gasteiger partial charge in [0.05, 0.1) is 26.4 Å². The predicted molar refractivity (Wildman–Crippen MR) is 134 cm³/mol. The summed E-state index contributed by atoms with van der Waals surface area (Å²) in [6.07, 6.45) is 9.93. The van der Waals surface area contributed by atoms with Crippen LogP contribution in [-0.4, -0.2) is 48.2 Å². The highest BCUT2D eigenvalue weighted by molar-refractivity contribution is 7.46. The summed E-state index contributed by atoms with van der Waals surface area (Å²) < 4.78 is 46.5. The average Bonchev–Trinajstić information content (AvgIpc) is 2.80. The second kappa shape index (κ2) is 17.4. The number of hydrogen-bond acceptors (Lipinski definition) is 7. The van der Waals surface area contributed by atoms with Crippen molar-refractivity contribution < 1.29 is 42.6 Å². The maximum absolute atomic E-state index is 12.1. The Bertz CT molecular complexity index is 691. The van der Waals surface area contributed by atoms with Gasteiger partial charge in [-0.05, 0) is 39.3 Å². The van der Waals surface area contributed by atoms with Gasteiger partial charge in [-0.25, -0.2) is 9.09 Å². The monoisotopic (exact) mass is 520 g/mol. The molecule has 0 amide bonds. The molecule has 9 nitrogen and oxygen atoms in total. The molecule has 0 spiro atoms. The van der Waals surface area contributed by atoms with Gasteiger partial charge in [0, 0.05) is 0 Å². The van der Waals surface area contributed by atoms with Crippen LogP contribution in [-0.2, 0) is 28.0 Å². The fourth-order valence-corrected chi connectivity index (χ4v) is 4.19. The van der Waals surface area contributed by atoms with Gasteiger partial charge in [0.2, 0.25) is 0 Å². The summed E-state index contributed by atoms with van der Waals surface area (Å²) >= 11 is 0. The van der Waals surface area contributed by atoms with Gasteiger partial charge in [-0.3, -0.25) is 0 Å². The van der Waals surface area contributed by atoms with E-state index in [9.17, 15) is 14.4 Å². The molecule has 0 fully saturated rings. The Labute approximate surface area is 210 Å². The lowest BCUT2D eigenvalue weighted by Gasteiger charge is -2.45. The molecule has 1 unspecified atom stereocenters. The molecule has 0 aliphatic heterocycles. The Morgan fingerprint density at radius 2 is 1.17 bits per heavy atom. The maximum atomic E-state index is 12.1. The van der Waals surface area contributed by atoms with Gasteiger partial charge in [0.1, 0.15) is 5.75 Å². The van der Waals surface area contributed by atoms with Crippen LogP contribution in [0, 0.1) is 0 Å². The van der Waals surface area contributed by atoms with Crippen LogP contribution in [0.2, 0.25) is 0 Å². The van der Waals surface area contributed by atoms with Crippen LogP contribution in [0.3, 0.4) is 0 Å². The van der Waals surface area contributed by atoms with Crippen molar-refractivity contribution in [3.8, 4) is 5.75 Å². The summed E-state index contributed by atoms with van der Waals surface area (Å²) in [4.78, 5) is 19.5. The van der Waals surface area contributed by atoms with Gasteiger partial charge in [0.25, 0.3) is 0 Å². The van der Waals surface area contributed by atoms with Crippen LogP contribution in [0.15, 0.2) is 30.3 Å². The van der Waals surface area contributed by atoms with Crippen molar-refractivity contribution in [3.63, 3.8) is 0 Å². The molecular weight excluding hydrogens is 475 g/mol. The number of para-hydroxylation sites is 1. The molecule has 1 aromatic rings. The first-order chi connectivity index (χ1) is 16.8. The molecule has 1 atom stereocenters. The quantitative estimate of drug-likeness (QED) is 0.106. The molecule has 2 N–H and O–H groups in total. The SMILES string of the molecule is CCCCCCCCCCCOC(OCC)(OP(=O)(O)O)C(OCC)(OCC)Oc1ccccc1. The van der Waals surface area contributed by atoms with E-state index in [0.29, 0.717) is 12.2 Å². The Balaban J connectivity index is 3.05. The van der Waals surface area contributed by atoms with E-state index in [0.717, 1.165) is 19.3 Å². The smallest absolute Gasteiger partial charge is 0.433 e. The molecule has 204 valence electrons. The van der Waals surface area contributed by atoms with Crippen molar-refractivity contribution in [2.75, 3.05) is 26.4 Å². The van der Waals surface area contributed by atoms with Crippen molar-refractivity contribution in [3.05, 3.63) is 30.3 Å². The van der Waals surface area contributed by atoms with Crippen LogP contribution < -0.4 is 4.74 Å². The third-order valence-electron chi connectivity index (χ3n) is 5.15. The lowest BCUT2D eigenvalue weighted by Crippen LogP contribution is -2.65. The third kappa shape index (κ3) is 11.7. The standard InChI is InChI=1S/C25H45O9P/c1-5-9-10-11-12-13-14-15-19-22-32-25(31-8-4,34-35(26,27)28)24(29-6-2,30-7-3)33-23-20-17-16-18-21-23/h16-18,20-21H,5-15,19,22H2,1-4H3,(H2,26,27,28). The lowest BCUT2D eigenvalue weighted by atomic mass is 10.1. The van der Waals surface area contributed by atoms with Crippen molar-refractivity contribution in [1.82, 2.24) is 0 Å². The molecule has 1 aromatic carbocycles. The van der Waals surface area contributed by atoms with E-state index < -0.39 is 19.8 Å². The predicted octanol–water partition coefficient (Wildman–Crippen LogP) is 6.14. The zero-order valence-electron chi connectivity index (χ0n) is 21.8. The Kier molecular flexibility index (Phi) is 15.9. The number of hydrogen-bond donors (Lipinski definition) is 2. The molecule has 0 radical (unpaired) electrons. The number of ether oxygens (including phenoxy) is 5. The summed E-state index contributed by atoms with van der Waals surface area (Å²) in [5, 5.41) is 0. The second-order valence-corrected chi connectivity index (χ2v) is 9.25. The van der Waals surface area contributed by atoms with E-state index in [4.69, 9.17) is 28.2 Å². The van der Waals surface area contributed by atoms with E-state index in [1.807, 2.05) is 0 Å². The minimum absolute atomic E-state index is 0.0161. The molecular formula is C25H45O9P. The van der Waals surface area contributed by atoms with Crippen molar-refractivity contribution in [2.24, 2.45) is 0 Å². The Hall–Kier alpha value is -1.03. The molecule has 0 bridgehead atoms. The van der Waals surface area contributed by atoms with Crippen molar-refractivity contribution in [2.45, 2.75) is 97.4 Å². The molecule has 0 aliphatic carbocycles. The van der Waals surface area contributed by atoms with Gasteiger partial charge < -0.3 is 33.5 Å². The van der Waals surface area contributed by atoms with Gasteiger partial charge in [0.15, 0.2) is 0 Å². The molecule has 0 aromatic heterocycles. The highest BCUT2D eigenvalue weighted by Gasteiger charge is 2.65. The fraction of sp³-hybridized carbons (Fsp3) is 0.760. The van der Waals surface area contributed by atoms with Gasteiger partial charge in [-0.15, -0.1) is 0 Å². The highest BCUT2D eigenvalue weighted by Crippen LogP contribution is 2.48. The Morgan fingerprint density at radius 3 is 1.66 bits per heavy atom. The lowest BCUT2D eigenvalue weighted by molar-refractivity contribution is -0.528. The van der Waals surface area contributed by atoms with Gasteiger partial charge in [-0.1, -0.05) is 76.5 Å². The number of rotatable bonds is 22. The first-order valence-electron chi connectivity index (χ1n) is 12.8. The summed E-state index contributed by atoms with van der Waals surface area (Å²) in [7, 11) is -5.14. The molecule has 0 saturated carbocycles. The number of benzene rings is 1. The zero-order chi connectivity index (χ0) is 26.0. The summed E-state index contributed by atoms with van der Waals surface area (Å²) in [5.41, 5.74) is 0. The molecule has 10 heteroatoms. The molecule has 0 aliphatic rings. The van der Waals surface area contributed by atoms with Crippen LogP contribution in [0.5, 0.6) is 5.75 Å². The second-order valence-electron chi connectivity index (χ2n) is 8.09. The van der Waals surface area contributed by atoms with E-state index >= 15 is 0 Å². The number of unbranched alkanes of at least 4 members (excludes halogenated alkanes) is 8. The zero-order valence-corrected chi connectivity index (χ0v) is 22.7. The molecule has 0 saturated heterocycles. The van der Waals surface area contributed by atoms with E-state index in [-0.39, 0.29) is 26.4 Å².